The third-order valence-corrected chi connectivity index (χ3v) is 26.6. The topological polar surface area (TPSA) is 39.7 Å². The fraction of sp³-hybridized carbons (Fsp3) is 0.0986. The van der Waals surface area contributed by atoms with E-state index < -0.39 is 0 Å². The molecule has 5 aliphatic rings. The molecule has 1 aliphatic heterocycles. The van der Waals surface area contributed by atoms with Gasteiger partial charge in [-0.05, 0) is 332 Å². The molecular weight excluding hydrogens is 881 g/mol. The first-order valence-corrected chi connectivity index (χ1v) is 27.8. The van der Waals surface area contributed by atoms with Gasteiger partial charge in [-0.3, -0.25) is 0 Å². The van der Waals surface area contributed by atoms with Crippen molar-refractivity contribution in [3.63, 3.8) is 0 Å². The minimum atomic E-state index is -0.342. The summed E-state index contributed by atoms with van der Waals surface area (Å²) in [6.45, 7) is 0.966. The molecule has 4 N–H and O–H groups in total. The van der Waals surface area contributed by atoms with Gasteiger partial charge in [0, 0.05) is 12.1 Å². The predicted molar refractivity (Wildman–Crippen MR) is 307 cm³/mol. The van der Waals surface area contributed by atoms with E-state index in [0.29, 0.717) is 0 Å². The molecular formula is C71H17N2+. The Balaban J connectivity index is 1.16. The fourth-order valence-electron chi connectivity index (χ4n) is 26.6. The Bertz CT molecular complexity index is 7240. The first-order valence-electron chi connectivity index (χ1n) is 27.8. The number of quaternary nitrogens is 1. The van der Waals surface area contributed by atoms with Gasteiger partial charge in [-0.2, -0.15) is 0 Å². The lowest BCUT2D eigenvalue weighted by Gasteiger charge is -2.53. The number of rotatable bonds is 4. The molecule has 73 heavy (non-hydrogen) atoms. The number of benzene rings is 19. The van der Waals surface area contributed by atoms with Crippen LogP contribution >= 0.6 is 0 Å². The number of hydrogen-bond donors (Lipinski definition) is 2. The zero-order chi connectivity index (χ0) is 43.6. The maximum absolute atomic E-state index is 4.89. The molecule has 29 aromatic rings. The second kappa shape index (κ2) is 6.51. The summed E-state index contributed by atoms with van der Waals surface area (Å²) in [5.41, 5.74) is 12.6. The van der Waals surface area contributed by atoms with E-state index >= 15 is 0 Å². The highest BCUT2D eigenvalue weighted by Gasteiger charge is 2.77. The summed E-state index contributed by atoms with van der Waals surface area (Å²) in [4.78, 5) is 0. The molecule has 310 valence electrons. The highest BCUT2D eigenvalue weighted by molar-refractivity contribution is 6.82. The lowest BCUT2D eigenvalue weighted by Crippen LogP contribution is -2.55. The van der Waals surface area contributed by atoms with Crippen molar-refractivity contribution in [2.24, 2.45) is 0 Å². The van der Waals surface area contributed by atoms with Crippen molar-refractivity contribution in [2.45, 2.75) is 35.8 Å². The molecule has 0 amide bonds. The Morgan fingerprint density at radius 2 is 0.479 bits per heavy atom. The van der Waals surface area contributed by atoms with E-state index in [1.807, 2.05) is 0 Å². The van der Waals surface area contributed by atoms with E-state index in [1.54, 1.807) is 313 Å². The van der Waals surface area contributed by atoms with Gasteiger partial charge >= 0.3 is 0 Å². The monoisotopic (exact) mass is 897 g/mol. The third-order valence-electron chi connectivity index (χ3n) is 26.6. The lowest BCUT2D eigenvalue weighted by atomic mass is 9.45. The minimum absolute atomic E-state index is 0.110. The van der Waals surface area contributed by atoms with Crippen molar-refractivity contribution in [1.82, 2.24) is 5.32 Å². The first-order chi connectivity index (χ1) is 36.4. The molecule has 0 saturated carbocycles. The van der Waals surface area contributed by atoms with Crippen LogP contribution in [0, 0.1) is 0 Å². The summed E-state index contributed by atoms with van der Waals surface area (Å²) in [5, 5.41) is 95.2. The second-order valence-electron chi connectivity index (χ2n) is 26.9. The lowest BCUT2D eigenvalue weighted by molar-refractivity contribution is -0.368. The van der Waals surface area contributed by atoms with Gasteiger partial charge in [0.25, 0.3) is 0 Å². The molecule has 1 fully saturated rings. The molecule has 2 unspecified atom stereocenters. The summed E-state index contributed by atoms with van der Waals surface area (Å²) in [6.07, 6.45) is 2.26. The molecule has 0 aromatic heterocycles. The van der Waals surface area contributed by atoms with Crippen LogP contribution in [0.25, 0.3) is 291 Å². The van der Waals surface area contributed by atoms with Crippen LogP contribution in [0.5, 0.6) is 0 Å². The molecule has 2 spiro atoms. The zero-order valence-electron chi connectivity index (χ0n) is 37.9. The van der Waals surface area contributed by atoms with Gasteiger partial charge in [0.15, 0.2) is 0 Å². The van der Waals surface area contributed by atoms with Gasteiger partial charge in [-0.1, -0.05) is 30.3 Å². The van der Waals surface area contributed by atoms with Crippen LogP contribution in [0.3, 0.4) is 0 Å². The fourth-order valence-corrected chi connectivity index (χ4v) is 26.6. The molecule has 2 nitrogen and oxygen atoms in total. The molecule has 2 heteroatoms. The van der Waals surface area contributed by atoms with Crippen LogP contribution in [0.4, 0.5) is 0 Å². The second-order valence-corrected chi connectivity index (χ2v) is 26.9. The van der Waals surface area contributed by atoms with Gasteiger partial charge in [-0.25, -0.2) is 0 Å². The van der Waals surface area contributed by atoms with Crippen molar-refractivity contribution in [1.29, 1.82) is 0 Å². The van der Waals surface area contributed by atoms with Gasteiger partial charge in [0.2, 0.25) is 0 Å². The van der Waals surface area contributed by atoms with E-state index in [-0.39, 0.29) is 22.9 Å². The maximum atomic E-state index is 4.89. The van der Waals surface area contributed by atoms with Crippen LogP contribution in [0.1, 0.15) is 46.7 Å². The van der Waals surface area contributed by atoms with Crippen molar-refractivity contribution in [3.05, 3.63) is 58.1 Å². The largest absolute Gasteiger partial charge is 0.358 e. The van der Waals surface area contributed by atoms with E-state index in [1.165, 1.54) is 5.56 Å². The van der Waals surface area contributed by atoms with E-state index in [0.717, 1.165) is 19.4 Å². The average Bonchev–Trinajstić information content (AvgIpc) is 4.38. The SMILES string of the molecule is [NH3+]CCCC1NC(c2ccccc2)C23c4c5c6c7c8c9c(c%10c%11c2c2c4c4c%12c5c5c6c6c8c8c%13c9c9c%10c%10c%11c%11c2c2c4c4c%12c%12c5c5c6c8c6c8c%13c9c9c%10c%10c%11c2c2c4c4c%12c5c6c5c8c9c%10c2c45)C713. The van der Waals surface area contributed by atoms with Gasteiger partial charge in [0.1, 0.15) is 0 Å². The van der Waals surface area contributed by atoms with Crippen LogP contribution in [-0.4, -0.2) is 12.6 Å². The zero-order valence-corrected chi connectivity index (χ0v) is 37.9. The van der Waals surface area contributed by atoms with E-state index in [4.69, 9.17) is 5.32 Å². The van der Waals surface area contributed by atoms with Crippen LogP contribution in [0.15, 0.2) is 30.3 Å². The average molecular weight is 898 g/mol. The minimum Gasteiger partial charge on any atom is -0.358 e. The van der Waals surface area contributed by atoms with Gasteiger partial charge in [0.05, 0.1) is 17.4 Å². The summed E-state index contributed by atoms with van der Waals surface area (Å²) < 4.78 is 0. The summed E-state index contributed by atoms with van der Waals surface area (Å²) in [5.74, 6) is 0. The highest BCUT2D eigenvalue weighted by Crippen LogP contribution is 2.87. The smallest absolute Gasteiger partial charge is 0.0740 e. The third kappa shape index (κ3) is 1.53. The van der Waals surface area contributed by atoms with Crippen molar-refractivity contribution in [3.8, 4) is 0 Å². The molecule has 29 aromatic carbocycles. The number of hydrogen-bond acceptors (Lipinski definition) is 1. The van der Waals surface area contributed by atoms with Crippen molar-refractivity contribution >= 4 is 291 Å². The number of nitrogens with one attached hydrogen (secondary N) is 1. The van der Waals surface area contributed by atoms with Gasteiger partial charge < -0.3 is 11.1 Å². The van der Waals surface area contributed by atoms with Crippen LogP contribution < -0.4 is 11.1 Å². The molecule has 0 bridgehead atoms. The first kappa shape index (κ1) is 28.0. The molecule has 0 radical (unpaired) electrons. The Morgan fingerprint density at radius 3 is 0.699 bits per heavy atom. The summed E-state index contributed by atoms with van der Waals surface area (Å²) in [7, 11) is 0. The quantitative estimate of drug-likeness (QED) is 0.170. The molecule has 34 rings (SSSR count). The summed E-state index contributed by atoms with van der Waals surface area (Å²) >= 11 is 0. The Hall–Kier alpha value is -8.40. The predicted octanol–water partition coefficient (Wildman–Crippen LogP) is 17.0. The summed E-state index contributed by atoms with van der Waals surface area (Å²) in [6, 6.07) is 12.5. The highest BCUT2D eigenvalue weighted by atomic mass is 15.1. The van der Waals surface area contributed by atoms with Crippen LogP contribution in [0.2, 0.25) is 0 Å². The Kier molecular flexibility index (Phi) is 2.50. The van der Waals surface area contributed by atoms with Gasteiger partial charge in [-0.15, -0.1) is 0 Å². The molecule has 4 aliphatic carbocycles. The Labute approximate surface area is 400 Å². The normalized spacial score (nSPS) is 24.2. The van der Waals surface area contributed by atoms with Crippen molar-refractivity contribution in [2.75, 3.05) is 6.54 Å². The maximum Gasteiger partial charge on any atom is 0.0740 e. The van der Waals surface area contributed by atoms with E-state index in [9.17, 15) is 0 Å². The molecule has 2 atom stereocenters. The van der Waals surface area contributed by atoms with Crippen LogP contribution in [-0.2, 0) is 10.8 Å². The molecule has 1 heterocycles. The standard InChI is InChI=1S/C71H16N2/c72-8-4-7-10-70-65-57-49-39-29-21-13-11-12-15-19-17(13)25-33-27(19)37-31-23(15)24-16(12)20-18-14(11)22(21)30-36-26(18)34-28(20)38-32(24)42-41(31)51-45(37)55-47(33)53(43(49)35(25)29)59(65)61(55)67-63(51)64-52(42)46(38)56-48(34)54-44(36)50(40(30)39)58(57)66(70)60(54)62(56)68(64)71(67,70)69(73-10)9-5-2-1-3-6-9/h1-3,5-6,10,69,73H,4,7-8,72H2/p+1. The van der Waals surface area contributed by atoms with Crippen molar-refractivity contribution < 1.29 is 5.73 Å². The molecule has 1 saturated heterocycles. The van der Waals surface area contributed by atoms with E-state index in [2.05, 4.69) is 36.1 Å². The Morgan fingerprint density at radius 1 is 0.274 bits per heavy atom.